The molecule has 1 aromatic heterocycles. The monoisotopic (exact) mass is 262 g/mol. The molecule has 0 aliphatic carbocycles. The molecular weight excluding hydrogens is 247 g/mol. The molecule has 0 atom stereocenters. The molecule has 0 radical (unpaired) electrons. The molecule has 0 bridgehead atoms. The Hall–Kier alpha value is -0.950. The Bertz CT molecular complexity index is 492. The second-order valence-corrected chi connectivity index (χ2v) is 5.61. The third-order valence-electron chi connectivity index (χ3n) is 2.91. The first kappa shape index (κ1) is 12.5. The Morgan fingerprint density at radius 3 is 2.76 bits per heavy atom. The Balaban J connectivity index is 2.17. The minimum atomic E-state index is -4.50. The molecule has 17 heavy (non-hydrogen) atoms. The number of hydrogen-bond acceptors (Lipinski definition) is 4. The molecule has 2 heterocycles. The van der Waals surface area contributed by atoms with Crippen LogP contribution in [0.2, 0.25) is 0 Å². The van der Waals surface area contributed by atoms with Crippen LogP contribution in [0, 0.1) is 6.92 Å². The lowest BCUT2D eigenvalue weighted by Gasteiger charge is -2.22. The van der Waals surface area contributed by atoms with E-state index in [1.54, 1.807) is 17.8 Å². The summed E-state index contributed by atoms with van der Waals surface area (Å²) in [6, 6.07) is 0.221. The smallest absolute Gasteiger partial charge is 0.306 e. The summed E-state index contributed by atoms with van der Waals surface area (Å²) in [6.45, 7) is 3.05. The highest BCUT2D eigenvalue weighted by molar-refractivity contribution is 7.85. The van der Waals surface area contributed by atoms with E-state index in [0.29, 0.717) is 24.5 Å². The number of ether oxygens (including phenoxy) is 1. The second kappa shape index (κ2) is 4.73. The summed E-state index contributed by atoms with van der Waals surface area (Å²) in [6.07, 6.45) is 3.33. The van der Waals surface area contributed by atoms with E-state index >= 15 is 0 Å². The van der Waals surface area contributed by atoms with Gasteiger partial charge in [-0.25, -0.2) is 0 Å². The van der Waals surface area contributed by atoms with Crippen molar-refractivity contribution in [1.82, 2.24) is 9.78 Å². The maximum atomic E-state index is 12.6. The molecule has 0 spiro atoms. The molecule has 5 nitrogen and oxygen atoms in total. The number of rotatable bonds is 3. The van der Waals surface area contributed by atoms with Gasteiger partial charge in [0, 0.05) is 25.0 Å². The molecule has 1 aliphatic rings. The zero-order chi connectivity index (χ0) is 12.5. The van der Waals surface area contributed by atoms with Crippen LogP contribution in [0.1, 0.15) is 30.1 Å². The van der Waals surface area contributed by atoms with Crippen molar-refractivity contribution in [2.24, 2.45) is 0 Å². The van der Waals surface area contributed by atoms with Gasteiger partial charge in [-0.1, -0.05) is 0 Å². The Kier molecular flexibility index (Phi) is 3.48. The van der Waals surface area contributed by atoms with Gasteiger partial charge in [-0.2, -0.15) is 13.5 Å². The third-order valence-corrected chi connectivity index (χ3v) is 3.57. The highest BCUT2D eigenvalue weighted by atomic mass is 32.3. The molecule has 1 fully saturated rings. The van der Waals surface area contributed by atoms with E-state index in [1.807, 2.05) is 0 Å². The fourth-order valence-corrected chi connectivity index (χ4v) is 2.64. The van der Waals surface area contributed by atoms with Gasteiger partial charge in [0.25, 0.3) is 0 Å². The van der Waals surface area contributed by atoms with Gasteiger partial charge in [-0.15, -0.1) is 3.89 Å². The largest absolute Gasteiger partial charge is 0.381 e. The third kappa shape index (κ3) is 3.26. The van der Waals surface area contributed by atoms with Crippen LogP contribution < -0.4 is 0 Å². The van der Waals surface area contributed by atoms with Crippen molar-refractivity contribution >= 4 is 10.2 Å². The van der Waals surface area contributed by atoms with Gasteiger partial charge < -0.3 is 4.74 Å². The van der Waals surface area contributed by atoms with Crippen LogP contribution in [0.3, 0.4) is 0 Å². The first-order chi connectivity index (χ1) is 7.96. The van der Waals surface area contributed by atoms with Crippen molar-refractivity contribution in [3.8, 4) is 0 Å². The predicted molar refractivity (Wildman–Crippen MR) is 59.8 cm³/mol. The first-order valence-corrected chi connectivity index (χ1v) is 7.06. The van der Waals surface area contributed by atoms with E-state index < -0.39 is 16.0 Å². The quantitative estimate of drug-likeness (QED) is 0.771. The number of halogens is 1. The molecule has 2 rings (SSSR count). The van der Waals surface area contributed by atoms with E-state index in [9.17, 15) is 12.3 Å². The summed E-state index contributed by atoms with van der Waals surface area (Å²) in [7, 11) is -4.50. The van der Waals surface area contributed by atoms with Crippen LogP contribution in [0.15, 0.2) is 6.20 Å². The lowest BCUT2D eigenvalue weighted by Crippen LogP contribution is -2.19. The fourth-order valence-electron chi connectivity index (χ4n) is 1.98. The van der Waals surface area contributed by atoms with E-state index in [1.165, 1.54) is 0 Å². The summed E-state index contributed by atoms with van der Waals surface area (Å²) < 4.78 is 40.8. The molecule has 0 aromatic carbocycles. The number of nitrogens with zero attached hydrogens (tertiary/aromatic N) is 2. The Morgan fingerprint density at radius 2 is 2.18 bits per heavy atom. The molecule has 1 aliphatic heterocycles. The Morgan fingerprint density at radius 1 is 1.53 bits per heavy atom. The second-order valence-electron chi connectivity index (χ2n) is 4.25. The molecule has 0 saturated carbocycles. The van der Waals surface area contributed by atoms with Crippen molar-refractivity contribution in [1.29, 1.82) is 0 Å². The van der Waals surface area contributed by atoms with Crippen LogP contribution >= 0.6 is 0 Å². The van der Waals surface area contributed by atoms with Gasteiger partial charge in [0.1, 0.15) is 5.75 Å². The van der Waals surface area contributed by atoms with Crippen LogP contribution in [0.25, 0.3) is 0 Å². The van der Waals surface area contributed by atoms with Gasteiger partial charge in [0.05, 0.1) is 11.7 Å². The van der Waals surface area contributed by atoms with E-state index in [4.69, 9.17) is 4.74 Å². The summed E-state index contributed by atoms with van der Waals surface area (Å²) in [5, 5.41) is 4.25. The number of hydrogen-bond donors (Lipinski definition) is 0. The highest BCUT2D eigenvalue weighted by Gasteiger charge is 2.20. The van der Waals surface area contributed by atoms with Gasteiger partial charge in [-0.3, -0.25) is 4.68 Å². The van der Waals surface area contributed by atoms with Crippen molar-refractivity contribution in [3.05, 3.63) is 17.5 Å². The average molecular weight is 262 g/mol. The van der Waals surface area contributed by atoms with Crippen molar-refractivity contribution in [2.45, 2.75) is 31.6 Å². The SMILES string of the molecule is Cc1nn(C2CCOCC2)cc1CS(=O)(=O)F. The zero-order valence-electron chi connectivity index (χ0n) is 9.60. The summed E-state index contributed by atoms with van der Waals surface area (Å²) in [5.41, 5.74) is 0.997. The summed E-state index contributed by atoms with van der Waals surface area (Å²) >= 11 is 0. The standard InChI is InChI=1S/C10H15FN2O3S/c1-8-9(7-17(11,14)15)6-13(12-8)10-2-4-16-5-3-10/h6,10H,2-5,7H2,1H3. The lowest BCUT2D eigenvalue weighted by molar-refractivity contribution is 0.0661. The Labute approximate surface area is 99.8 Å². The molecule has 1 aromatic rings. The fraction of sp³-hybridized carbons (Fsp3) is 0.700. The minimum absolute atomic E-state index is 0.221. The first-order valence-electron chi connectivity index (χ1n) is 5.50. The molecule has 7 heteroatoms. The van der Waals surface area contributed by atoms with Crippen molar-refractivity contribution in [3.63, 3.8) is 0 Å². The van der Waals surface area contributed by atoms with Crippen LogP contribution in [-0.2, 0) is 20.7 Å². The molecule has 0 amide bonds. The predicted octanol–water partition coefficient (Wildman–Crippen LogP) is 1.34. The summed E-state index contributed by atoms with van der Waals surface area (Å²) in [4.78, 5) is 0. The average Bonchev–Trinajstić information content (AvgIpc) is 2.59. The van der Waals surface area contributed by atoms with E-state index in [0.717, 1.165) is 12.8 Å². The topological polar surface area (TPSA) is 61.2 Å². The van der Waals surface area contributed by atoms with Gasteiger partial charge in [0.15, 0.2) is 0 Å². The van der Waals surface area contributed by atoms with Gasteiger partial charge in [-0.05, 0) is 19.8 Å². The van der Waals surface area contributed by atoms with Crippen LogP contribution in [0.4, 0.5) is 3.89 Å². The zero-order valence-corrected chi connectivity index (χ0v) is 10.4. The normalized spacial score (nSPS) is 18.5. The minimum Gasteiger partial charge on any atom is -0.381 e. The van der Waals surface area contributed by atoms with E-state index in [-0.39, 0.29) is 6.04 Å². The number of aromatic nitrogens is 2. The molecule has 1 saturated heterocycles. The number of aryl methyl sites for hydroxylation is 1. The van der Waals surface area contributed by atoms with Gasteiger partial charge >= 0.3 is 10.2 Å². The van der Waals surface area contributed by atoms with Crippen molar-refractivity contribution in [2.75, 3.05) is 13.2 Å². The molecule has 0 N–H and O–H groups in total. The molecule has 0 unspecified atom stereocenters. The van der Waals surface area contributed by atoms with Crippen LogP contribution in [0.5, 0.6) is 0 Å². The van der Waals surface area contributed by atoms with Crippen LogP contribution in [-0.4, -0.2) is 31.4 Å². The lowest BCUT2D eigenvalue weighted by atomic mass is 10.1. The maximum Gasteiger partial charge on any atom is 0.306 e. The molecule has 96 valence electrons. The van der Waals surface area contributed by atoms with E-state index in [2.05, 4.69) is 5.10 Å². The maximum absolute atomic E-state index is 12.6. The molecular formula is C10H15FN2O3S. The van der Waals surface area contributed by atoms with Gasteiger partial charge in [0.2, 0.25) is 0 Å². The summed E-state index contributed by atoms with van der Waals surface area (Å²) in [5.74, 6) is -0.595. The van der Waals surface area contributed by atoms with Crippen molar-refractivity contribution < 1.29 is 17.0 Å². The highest BCUT2D eigenvalue weighted by Crippen LogP contribution is 2.22.